The second kappa shape index (κ2) is 11.6. The minimum Gasteiger partial charge on any atom is -0.309 e. The van der Waals surface area contributed by atoms with Crippen LogP contribution in [0.15, 0.2) is 121 Å². The molecular weight excluding hydrogens is 652 g/mol. The number of aromatic nitrogens is 2. The Bertz CT molecular complexity index is 2600. The zero-order valence-corrected chi connectivity index (χ0v) is 30.0. The minimum absolute atomic E-state index is 0.0255. The Balaban J connectivity index is 1.61. The molecule has 0 atom stereocenters. The summed E-state index contributed by atoms with van der Waals surface area (Å²) < 4.78 is 52.2. The molecule has 0 unspecified atom stereocenters. The fourth-order valence-corrected chi connectivity index (χ4v) is 7.58. The standard InChI is InChI=1S/C46H38F3N3/c1-44(2,3)31-18-20-35-33-14-7-9-16-37(33)51(39(35)25-31)41-23-30(29-13-11-12-28(22-29)27-50)24-42(43(41)46(47,48)49)52-38-17-10-8-15-34(38)36-21-19-32(26-40(36)52)45(4,5)6/h7-26H,1-6H3. The van der Waals surface area contributed by atoms with Crippen LogP contribution in [0.25, 0.3) is 66.1 Å². The number of rotatable bonds is 3. The summed E-state index contributed by atoms with van der Waals surface area (Å²) in [5, 5.41) is 13.3. The van der Waals surface area contributed by atoms with E-state index in [0.29, 0.717) is 38.8 Å². The van der Waals surface area contributed by atoms with Gasteiger partial charge in [-0.05, 0) is 81.6 Å². The van der Waals surface area contributed by atoms with Crippen LogP contribution in [-0.4, -0.2) is 9.13 Å². The average molecular weight is 690 g/mol. The maximum atomic E-state index is 16.2. The van der Waals surface area contributed by atoms with Gasteiger partial charge >= 0.3 is 6.18 Å². The summed E-state index contributed by atoms with van der Waals surface area (Å²) in [7, 11) is 0. The van der Waals surface area contributed by atoms with E-state index in [1.54, 1.807) is 39.5 Å². The summed E-state index contributed by atoms with van der Waals surface area (Å²) >= 11 is 0. The topological polar surface area (TPSA) is 33.6 Å². The van der Waals surface area contributed by atoms with Crippen molar-refractivity contribution in [3.63, 3.8) is 0 Å². The minimum atomic E-state index is -4.75. The highest BCUT2D eigenvalue weighted by atomic mass is 19.4. The molecule has 6 aromatic carbocycles. The molecular formula is C46H38F3N3. The highest BCUT2D eigenvalue weighted by molar-refractivity contribution is 6.11. The maximum Gasteiger partial charge on any atom is 0.420 e. The van der Waals surface area contributed by atoms with E-state index in [9.17, 15) is 5.26 Å². The normalized spacial score (nSPS) is 12.7. The quantitative estimate of drug-likeness (QED) is 0.182. The highest BCUT2D eigenvalue weighted by Crippen LogP contribution is 2.47. The smallest absolute Gasteiger partial charge is 0.309 e. The van der Waals surface area contributed by atoms with Crippen LogP contribution < -0.4 is 0 Å². The van der Waals surface area contributed by atoms with Gasteiger partial charge in [0.2, 0.25) is 0 Å². The lowest BCUT2D eigenvalue weighted by Crippen LogP contribution is -2.16. The first-order chi connectivity index (χ1) is 24.6. The molecule has 2 heterocycles. The van der Waals surface area contributed by atoms with E-state index in [4.69, 9.17) is 0 Å². The van der Waals surface area contributed by atoms with Crippen LogP contribution in [0.5, 0.6) is 0 Å². The molecule has 0 saturated carbocycles. The number of alkyl halides is 3. The van der Waals surface area contributed by atoms with Gasteiger partial charge in [-0.1, -0.05) is 114 Å². The van der Waals surface area contributed by atoms with Crippen LogP contribution in [-0.2, 0) is 17.0 Å². The molecule has 0 saturated heterocycles. The first-order valence-electron chi connectivity index (χ1n) is 17.5. The zero-order valence-electron chi connectivity index (χ0n) is 30.0. The Kier molecular flexibility index (Phi) is 7.45. The van der Waals surface area contributed by atoms with E-state index in [0.717, 1.165) is 32.7 Å². The van der Waals surface area contributed by atoms with E-state index in [1.807, 2.05) is 78.9 Å². The van der Waals surface area contributed by atoms with Gasteiger partial charge in [0.25, 0.3) is 0 Å². The van der Waals surface area contributed by atoms with Crippen molar-refractivity contribution < 1.29 is 13.2 Å². The zero-order chi connectivity index (χ0) is 36.7. The van der Waals surface area contributed by atoms with Crippen LogP contribution in [0.3, 0.4) is 0 Å². The van der Waals surface area contributed by atoms with Crippen LogP contribution in [0.4, 0.5) is 13.2 Å². The van der Waals surface area contributed by atoms with Gasteiger partial charge in [0.1, 0.15) is 5.56 Å². The predicted molar refractivity (Wildman–Crippen MR) is 208 cm³/mol. The molecule has 0 spiro atoms. The van der Waals surface area contributed by atoms with Crippen molar-refractivity contribution in [2.75, 3.05) is 0 Å². The number of nitrogens with zero attached hydrogens (tertiary/aromatic N) is 3. The first kappa shape index (κ1) is 33.3. The van der Waals surface area contributed by atoms with Gasteiger partial charge in [0.05, 0.1) is 45.1 Å². The molecule has 8 aromatic rings. The molecule has 8 rings (SSSR count). The van der Waals surface area contributed by atoms with Gasteiger partial charge in [-0.3, -0.25) is 0 Å². The molecule has 3 nitrogen and oxygen atoms in total. The molecule has 258 valence electrons. The monoisotopic (exact) mass is 689 g/mol. The maximum absolute atomic E-state index is 16.2. The first-order valence-corrected chi connectivity index (χ1v) is 17.5. The number of hydrogen-bond acceptors (Lipinski definition) is 1. The Hall–Kier alpha value is -5.80. The molecule has 6 heteroatoms. The number of hydrogen-bond donors (Lipinski definition) is 0. The molecule has 52 heavy (non-hydrogen) atoms. The van der Waals surface area contributed by atoms with Crippen molar-refractivity contribution in [1.29, 1.82) is 5.26 Å². The second-order valence-electron chi connectivity index (χ2n) is 15.7. The lowest BCUT2D eigenvalue weighted by atomic mass is 9.86. The second-order valence-corrected chi connectivity index (χ2v) is 15.7. The van der Waals surface area contributed by atoms with E-state index in [-0.39, 0.29) is 22.2 Å². The summed E-state index contributed by atoms with van der Waals surface area (Å²) in [6.45, 7) is 12.7. The van der Waals surface area contributed by atoms with Gasteiger partial charge in [0.15, 0.2) is 0 Å². The number of halogens is 3. The number of benzene rings is 6. The van der Waals surface area contributed by atoms with Crippen molar-refractivity contribution in [3.05, 3.63) is 144 Å². The molecule has 0 aliphatic heterocycles. The summed E-state index contributed by atoms with van der Waals surface area (Å²) in [6.07, 6.45) is -4.75. The van der Waals surface area contributed by atoms with Crippen LogP contribution >= 0.6 is 0 Å². The van der Waals surface area contributed by atoms with Crippen molar-refractivity contribution in [2.24, 2.45) is 0 Å². The van der Waals surface area contributed by atoms with Crippen molar-refractivity contribution in [1.82, 2.24) is 9.13 Å². The average Bonchev–Trinajstić information content (AvgIpc) is 3.62. The molecule has 0 fully saturated rings. The Labute approximate surface area is 301 Å². The lowest BCUT2D eigenvalue weighted by Gasteiger charge is -2.24. The van der Waals surface area contributed by atoms with Crippen LogP contribution in [0.1, 0.15) is 63.8 Å². The fourth-order valence-electron chi connectivity index (χ4n) is 7.58. The summed E-state index contributed by atoms with van der Waals surface area (Å²) in [5.74, 6) is 0. The Morgan fingerprint density at radius 1 is 0.481 bits per heavy atom. The largest absolute Gasteiger partial charge is 0.420 e. The number of fused-ring (bicyclic) bond motifs is 6. The van der Waals surface area contributed by atoms with Gasteiger partial charge in [0, 0.05) is 21.5 Å². The summed E-state index contributed by atoms with van der Waals surface area (Å²) in [4.78, 5) is 0. The third-order valence-electron chi connectivity index (χ3n) is 10.3. The third kappa shape index (κ3) is 5.35. The van der Waals surface area contributed by atoms with Crippen LogP contribution in [0.2, 0.25) is 0 Å². The summed E-state index contributed by atoms with van der Waals surface area (Å²) in [5.41, 5.74) is 5.31. The molecule has 0 aliphatic carbocycles. The summed E-state index contributed by atoms with van der Waals surface area (Å²) in [6, 6.07) is 40.2. The lowest BCUT2D eigenvalue weighted by molar-refractivity contribution is -0.137. The van der Waals surface area contributed by atoms with Gasteiger partial charge in [-0.2, -0.15) is 18.4 Å². The van der Waals surface area contributed by atoms with Gasteiger partial charge < -0.3 is 9.13 Å². The highest BCUT2D eigenvalue weighted by Gasteiger charge is 2.39. The van der Waals surface area contributed by atoms with Gasteiger partial charge in [-0.25, -0.2) is 0 Å². The van der Waals surface area contributed by atoms with Crippen molar-refractivity contribution in [3.8, 4) is 28.6 Å². The van der Waals surface area contributed by atoms with Crippen molar-refractivity contribution in [2.45, 2.75) is 58.5 Å². The van der Waals surface area contributed by atoms with E-state index in [2.05, 4.69) is 59.7 Å². The SMILES string of the molecule is CC(C)(C)c1ccc2c3ccccc3n(-c3cc(-c4cccc(C#N)c4)cc(-n4c5ccccc5c5ccc(C(C)(C)C)cc54)c3C(F)(F)F)c2c1. The predicted octanol–water partition coefficient (Wildman–Crippen LogP) is 13.0. The number of nitriles is 1. The third-order valence-corrected chi connectivity index (χ3v) is 10.3. The van der Waals surface area contributed by atoms with Crippen molar-refractivity contribution >= 4 is 43.6 Å². The molecule has 0 amide bonds. The Morgan fingerprint density at radius 3 is 1.38 bits per heavy atom. The van der Waals surface area contributed by atoms with E-state index in [1.165, 1.54) is 0 Å². The van der Waals surface area contributed by atoms with E-state index < -0.39 is 11.7 Å². The van der Waals surface area contributed by atoms with E-state index >= 15 is 13.2 Å². The molecule has 0 bridgehead atoms. The molecule has 0 N–H and O–H groups in total. The van der Waals surface area contributed by atoms with Crippen LogP contribution in [0, 0.1) is 11.3 Å². The van der Waals surface area contributed by atoms with Gasteiger partial charge in [-0.15, -0.1) is 0 Å². The Morgan fingerprint density at radius 2 is 0.942 bits per heavy atom. The molecule has 0 aliphatic rings. The number of para-hydroxylation sites is 2. The molecule has 2 aromatic heterocycles. The molecule has 0 radical (unpaired) electrons. The fraction of sp³-hybridized carbons (Fsp3) is 0.196.